The molecule has 0 bridgehead atoms. The van der Waals surface area contributed by atoms with Crippen LogP contribution in [0.5, 0.6) is 0 Å². The Morgan fingerprint density at radius 3 is 2.68 bits per heavy atom. The minimum absolute atomic E-state index is 0.123. The van der Waals surface area contributed by atoms with E-state index in [-0.39, 0.29) is 5.56 Å². The van der Waals surface area contributed by atoms with Crippen LogP contribution in [0.4, 0.5) is 4.39 Å². The molecule has 2 aromatic rings. The first-order valence-corrected chi connectivity index (χ1v) is 6.04. The number of rotatable bonds is 4. The highest BCUT2D eigenvalue weighted by Gasteiger charge is 2.17. The lowest BCUT2D eigenvalue weighted by atomic mass is 10.1. The quantitative estimate of drug-likeness (QED) is 0.918. The second-order valence-corrected chi connectivity index (χ2v) is 4.03. The average Bonchev–Trinajstić information content (AvgIpc) is 2.81. The summed E-state index contributed by atoms with van der Waals surface area (Å²) in [7, 11) is 0. The highest BCUT2D eigenvalue weighted by Crippen LogP contribution is 2.18. The Labute approximate surface area is 109 Å². The molecule has 1 aromatic carbocycles. The SMILES string of the molecule is CCc1nc(CC)n(-c2ccc(F)cc2C(=O)O)n1. The summed E-state index contributed by atoms with van der Waals surface area (Å²) in [5.74, 6) is -0.483. The molecule has 6 heteroatoms. The molecular formula is C13H14FN3O2. The second kappa shape index (κ2) is 5.17. The molecule has 100 valence electrons. The molecule has 0 saturated heterocycles. The number of hydrogen-bond donors (Lipinski definition) is 1. The highest BCUT2D eigenvalue weighted by molar-refractivity contribution is 5.91. The maximum atomic E-state index is 13.2. The molecule has 5 nitrogen and oxygen atoms in total. The summed E-state index contributed by atoms with van der Waals surface area (Å²) < 4.78 is 14.6. The van der Waals surface area contributed by atoms with Crippen LogP contribution in [-0.2, 0) is 12.8 Å². The summed E-state index contributed by atoms with van der Waals surface area (Å²) >= 11 is 0. The van der Waals surface area contributed by atoms with Gasteiger partial charge in [-0.25, -0.2) is 18.9 Å². The lowest BCUT2D eigenvalue weighted by molar-refractivity contribution is 0.0696. The summed E-state index contributed by atoms with van der Waals surface area (Å²) in [6.07, 6.45) is 1.27. The van der Waals surface area contributed by atoms with Gasteiger partial charge in [0.25, 0.3) is 0 Å². The zero-order valence-electron chi connectivity index (χ0n) is 10.7. The number of halogens is 1. The highest BCUT2D eigenvalue weighted by atomic mass is 19.1. The first-order chi connectivity index (χ1) is 9.06. The smallest absolute Gasteiger partial charge is 0.338 e. The number of nitrogens with zero attached hydrogens (tertiary/aromatic N) is 3. The van der Waals surface area contributed by atoms with Crippen molar-refractivity contribution in [3.8, 4) is 5.69 Å². The molecular weight excluding hydrogens is 249 g/mol. The van der Waals surface area contributed by atoms with Crippen molar-refractivity contribution in [3.63, 3.8) is 0 Å². The molecule has 0 spiro atoms. The van der Waals surface area contributed by atoms with Crippen LogP contribution in [0.1, 0.15) is 35.9 Å². The van der Waals surface area contributed by atoms with Gasteiger partial charge >= 0.3 is 5.97 Å². The molecule has 0 aliphatic carbocycles. The van der Waals surface area contributed by atoms with Crippen molar-refractivity contribution in [1.29, 1.82) is 0 Å². The Morgan fingerprint density at radius 2 is 2.11 bits per heavy atom. The molecule has 0 unspecified atom stereocenters. The third-order valence-corrected chi connectivity index (χ3v) is 2.77. The fourth-order valence-electron chi connectivity index (χ4n) is 1.83. The van der Waals surface area contributed by atoms with Gasteiger partial charge in [0.05, 0.1) is 11.3 Å². The fraction of sp³-hybridized carbons (Fsp3) is 0.308. The fourth-order valence-corrected chi connectivity index (χ4v) is 1.83. The van der Waals surface area contributed by atoms with Gasteiger partial charge in [0.1, 0.15) is 11.6 Å². The topological polar surface area (TPSA) is 68.0 Å². The monoisotopic (exact) mass is 263 g/mol. The van der Waals surface area contributed by atoms with E-state index in [2.05, 4.69) is 10.1 Å². The molecule has 0 aliphatic rings. The number of aromatic nitrogens is 3. The normalized spacial score (nSPS) is 10.7. The van der Waals surface area contributed by atoms with Crippen molar-refractivity contribution in [2.24, 2.45) is 0 Å². The molecule has 1 N–H and O–H groups in total. The molecule has 1 aromatic heterocycles. The summed E-state index contributed by atoms with van der Waals surface area (Å²) in [4.78, 5) is 15.5. The van der Waals surface area contributed by atoms with Gasteiger partial charge in [0, 0.05) is 12.8 Å². The van der Waals surface area contributed by atoms with Crippen molar-refractivity contribution >= 4 is 5.97 Å². The van der Waals surface area contributed by atoms with Crippen molar-refractivity contribution < 1.29 is 14.3 Å². The van der Waals surface area contributed by atoms with E-state index in [0.717, 1.165) is 6.07 Å². The molecule has 0 amide bonds. The standard InChI is InChI=1S/C13H14FN3O2/c1-3-11-15-12(4-2)17(16-11)10-6-5-8(14)7-9(10)13(18)19/h5-7H,3-4H2,1-2H3,(H,18,19). The molecule has 19 heavy (non-hydrogen) atoms. The number of carbonyl (C=O) groups is 1. The van der Waals surface area contributed by atoms with E-state index < -0.39 is 11.8 Å². The summed E-state index contributed by atoms with van der Waals surface area (Å²) in [5.41, 5.74) is 0.209. The zero-order valence-corrected chi connectivity index (χ0v) is 10.7. The first-order valence-electron chi connectivity index (χ1n) is 6.04. The van der Waals surface area contributed by atoms with Crippen molar-refractivity contribution in [2.45, 2.75) is 26.7 Å². The maximum Gasteiger partial charge on any atom is 0.338 e. The molecule has 2 rings (SSSR count). The van der Waals surface area contributed by atoms with Gasteiger partial charge < -0.3 is 5.11 Å². The predicted octanol–water partition coefficient (Wildman–Crippen LogP) is 2.23. The van der Waals surface area contributed by atoms with Gasteiger partial charge in [-0.05, 0) is 18.2 Å². The van der Waals surface area contributed by atoms with Crippen molar-refractivity contribution in [3.05, 3.63) is 41.2 Å². The van der Waals surface area contributed by atoms with E-state index in [1.807, 2.05) is 13.8 Å². The number of aryl methyl sites for hydroxylation is 2. The van der Waals surface area contributed by atoms with Crippen LogP contribution >= 0.6 is 0 Å². The lowest BCUT2D eigenvalue weighted by Crippen LogP contribution is -2.09. The Morgan fingerprint density at radius 1 is 1.37 bits per heavy atom. The maximum absolute atomic E-state index is 13.2. The summed E-state index contributed by atoms with van der Waals surface area (Å²) in [5, 5.41) is 13.4. The molecule has 0 aliphatic heterocycles. The number of carboxylic acids is 1. The lowest BCUT2D eigenvalue weighted by Gasteiger charge is -2.08. The van der Waals surface area contributed by atoms with E-state index in [1.165, 1.54) is 16.8 Å². The van der Waals surface area contributed by atoms with E-state index >= 15 is 0 Å². The molecule has 0 fully saturated rings. The van der Waals surface area contributed by atoms with Crippen LogP contribution in [-0.4, -0.2) is 25.8 Å². The minimum Gasteiger partial charge on any atom is -0.478 e. The Balaban J connectivity index is 2.64. The summed E-state index contributed by atoms with van der Waals surface area (Å²) in [6.45, 7) is 3.83. The number of carboxylic acid groups (broad SMARTS) is 1. The Hall–Kier alpha value is -2.24. The zero-order chi connectivity index (χ0) is 14.0. The van der Waals surface area contributed by atoms with E-state index in [4.69, 9.17) is 5.11 Å². The van der Waals surface area contributed by atoms with Crippen LogP contribution in [0.3, 0.4) is 0 Å². The van der Waals surface area contributed by atoms with Gasteiger partial charge in [0.15, 0.2) is 5.82 Å². The number of benzene rings is 1. The van der Waals surface area contributed by atoms with Gasteiger partial charge in [0.2, 0.25) is 0 Å². The van der Waals surface area contributed by atoms with E-state index in [9.17, 15) is 9.18 Å². The van der Waals surface area contributed by atoms with Crippen LogP contribution in [0, 0.1) is 5.82 Å². The van der Waals surface area contributed by atoms with Gasteiger partial charge in [-0.1, -0.05) is 13.8 Å². The minimum atomic E-state index is -1.19. The molecule has 0 radical (unpaired) electrons. The predicted molar refractivity (Wildman–Crippen MR) is 67.0 cm³/mol. The van der Waals surface area contributed by atoms with Gasteiger partial charge in [-0.2, -0.15) is 5.10 Å². The van der Waals surface area contributed by atoms with Gasteiger partial charge in [-0.3, -0.25) is 0 Å². The Bertz CT molecular complexity index is 622. The van der Waals surface area contributed by atoms with Crippen LogP contribution in [0.2, 0.25) is 0 Å². The van der Waals surface area contributed by atoms with Crippen LogP contribution < -0.4 is 0 Å². The molecule has 0 saturated carbocycles. The number of hydrogen-bond acceptors (Lipinski definition) is 3. The molecule has 1 heterocycles. The van der Waals surface area contributed by atoms with E-state index in [1.54, 1.807) is 0 Å². The third kappa shape index (κ3) is 2.47. The largest absolute Gasteiger partial charge is 0.478 e. The van der Waals surface area contributed by atoms with Gasteiger partial charge in [-0.15, -0.1) is 0 Å². The first kappa shape index (κ1) is 13.2. The van der Waals surface area contributed by atoms with Crippen LogP contribution in [0.15, 0.2) is 18.2 Å². The van der Waals surface area contributed by atoms with Crippen LogP contribution in [0.25, 0.3) is 5.69 Å². The number of aromatic carboxylic acids is 1. The average molecular weight is 263 g/mol. The second-order valence-electron chi connectivity index (χ2n) is 4.03. The summed E-state index contributed by atoms with van der Waals surface area (Å²) in [6, 6.07) is 3.62. The van der Waals surface area contributed by atoms with Crippen molar-refractivity contribution in [2.75, 3.05) is 0 Å². The van der Waals surface area contributed by atoms with E-state index in [0.29, 0.717) is 30.2 Å². The molecule has 0 atom stereocenters. The Kier molecular flexibility index (Phi) is 3.59. The van der Waals surface area contributed by atoms with Crippen molar-refractivity contribution in [1.82, 2.24) is 14.8 Å². The third-order valence-electron chi connectivity index (χ3n) is 2.77.